The van der Waals surface area contributed by atoms with Crippen LogP contribution in [0.25, 0.3) is 0 Å². The minimum absolute atomic E-state index is 0.0312. The lowest BCUT2D eigenvalue weighted by molar-refractivity contribution is 0.427. The fraction of sp³-hybridized carbons (Fsp3) is 0.286. The van der Waals surface area contributed by atoms with Crippen molar-refractivity contribution in [1.82, 2.24) is 0 Å². The minimum atomic E-state index is -0.613. The van der Waals surface area contributed by atoms with Gasteiger partial charge in [0.05, 0.1) is 10.5 Å². The highest BCUT2D eigenvalue weighted by Gasteiger charge is 2.18. The summed E-state index contributed by atoms with van der Waals surface area (Å²) in [5, 5.41) is 0. The molecule has 1 atom stereocenters. The first kappa shape index (κ1) is 14.2. The molecule has 2 nitrogen and oxygen atoms in total. The summed E-state index contributed by atoms with van der Waals surface area (Å²) in [7, 11) is 0. The van der Waals surface area contributed by atoms with Gasteiger partial charge >= 0.3 is 0 Å². The molecule has 0 aliphatic heterocycles. The van der Waals surface area contributed by atoms with Crippen molar-refractivity contribution >= 4 is 15.9 Å². The average Bonchev–Trinajstić information content (AvgIpc) is 2.88. The van der Waals surface area contributed by atoms with E-state index in [0.29, 0.717) is 5.76 Å². The maximum Gasteiger partial charge on any atom is 0.143 e. The lowest BCUT2D eigenvalue weighted by atomic mass is 10.0. The van der Waals surface area contributed by atoms with Gasteiger partial charge in [0.15, 0.2) is 0 Å². The van der Waals surface area contributed by atoms with Crippen LogP contribution in [0.2, 0.25) is 0 Å². The summed E-state index contributed by atoms with van der Waals surface area (Å²) in [5.74, 6) is 0.132. The van der Waals surface area contributed by atoms with Crippen LogP contribution >= 0.6 is 15.9 Å². The number of hydrogen-bond acceptors (Lipinski definition) is 2. The second-order valence-corrected chi connectivity index (χ2v) is 5.14. The lowest BCUT2D eigenvalue weighted by Crippen LogP contribution is -2.14. The molecule has 1 heterocycles. The van der Waals surface area contributed by atoms with Crippen LogP contribution in [0.1, 0.15) is 30.0 Å². The van der Waals surface area contributed by atoms with Crippen molar-refractivity contribution in [1.29, 1.82) is 0 Å². The van der Waals surface area contributed by atoms with Crippen molar-refractivity contribution in [2.45, 2.75) is 25.8 Å². The van der Waals surface area contributed by atoms with Gasteiger partial charge in [0.1, 0.15) is 23.2 Å². The maximum atomic E-state index is 13.8. The molecule has 19 heavy (non-hydrogen) atoms. The van der Waals surface area contributed by atoms with E-state index in [-0.39, 0.29) is 16.5 Å². The average molecular weight is 330 g/mol. The highest BCUT2D eigenvalue weighted by Crippen LogP contribution is 2.26. The lowest BCUT2D eigenvalue weighted by Gasteiger charge is -2.11. The summed E-state index contributed by atoms with van der Waals surface area (Å²) >= 11 is 3.04. The SMILES string of the molecule is CCc1ccc(C(N)Cc2c(F)ccc(Br)c2F)o1. The van der Waals surface area contributed by atoms with Crippen molar-refractivity contribution in [3.05, 3.63) is 57.5 Å². The molecule has 0 fully saturated rings. The van der Waals surface area contributed by atoms with Crippen molar-refractivity contribution in [2.24, 2.45) is 5.73 Å². The first-order chi connectivity index (χ1) is 9.02. The quantitative estimate of drug-likeness (QED) is 0.857. The van der Waals surface area contributed by atoms with E-state index in [1.165, 1.54) is 12.1 Å². The number of rotatable bonds is 4. The molecule has 0 spiro atoms. The third kappa shape index (κ3) is 3.04. The molecule has 0 amide bonds. The van der Waals surface area contributed by atoms with Gasteiger partial charge in [-0.3, -0.25) is 0 Å². The maximum absolute atomic E-state index is 13.8. The predicted molar refractivity (Wildman–Crippen MR) is 72.8 cm³/mol. The molecule has 2 N–H and O–H groups in total. The summed E-state index contributed by atoms with van der Waals surface area (Å²) < 4.78 is 33.2. The van der Waals surface area contributed by atoms with E-state index >= 15 is 0 Å². The van der Waals surface area contributed by atoms with Crippen LogP contribution in [0.4, 0.5) is 8.78 Å². The molecule has 2 rings (SSSR count). The molecule has 1 aromatic heterocycles. The smallest absolute Gasteiger partial charge is 0.143 e. The van der Waals surface area contributed by atoms with Crippen LogP contribution in [0.5, 0.6) is 0 Å². The molecule has 0 aliphatic rings. The van der Waals surface area contributed by atoms with Crippen LogP contribution in [-0.4, -0.2) is 0 Å². The van der Waals surface area contributed by atoms with Crippen LogP contribution in [0.15, 0.2) is 33.2 Å². The van der Waals surface area contributed by atoms with E-state index in [4.69, 9.17) is 10.2 Å². The van der Waals surface area contributed by atoms with E-state index in [1.807, 2.05) is 13.0 Å². The van der Waals surface area contributed by atoms with Crippen LogP contribution in [-0.2, 0) is 12.8 Å². The summed E-state index contributed by atoms with van der Waals surface area (Å²) in [5.41, 5.74) is 5.91. The zero-order chi connectivity index (χ0) is 14.0. The molecule has 1 aromatic carbocycles. The van der Waals surface area contributed by atoms with Crippen molar-refractivity contribution in [2.75, 3.05) is 0 Å². The Morgan fingerprint density at radius 2 is 2.00 bits per heavy atom. The molecular weight excluding hydrogens is 316 g/mol. The van der Waals surface area contributed by atoms with Crippen LogP contribution < -0.4 is 5.73 Å². The van der Waals surface area contributed by atoms with Gasteiger partial charge in [-0.05, 0) is 40.2 Å². The van der Waals surface area contributed by atoms with E-state index in [1.54, 1.807) is 6.07 Å². The van der Waals surface area contributed by atoms with Gasteiger partial charge in [-0.2, -0.15) is 0 Å². The zero-order valence-electron chi connectivity index (χ0n) is 10.4. The van der Waals surface area contributed by atoms with Gasteiger partial charge in [0.2, 0.25) is 0 Å². The Labute approximate surface area is 118 Å². The number of aryl methyl sites for hydroxylation is 1. The number of nitrogens with two attached hydrogens (primary N) is 1. The first-order valence-electron chi connectivity index (χ1n) is 5.99. The van der Waals surface area contributed by atoms with E-state index in [0.717, 1.165) is 12.2 Å². The van der Waals surface area contributed by atoms with E-state index < -0.39 is 17.7 Å². The van der Waals surface area contributed by atoms with Crippen LogP contribution in [0, 0.1) is 11.6 Å². The molecule has 0 saturated heterocycles. The minimum Gasteiger partial charge on any atom is -0.464 e. The molecular formula is C14H14BrF2NO. The van der Waals surface area contributed by atoms with Crippen LogP contribution in [0.3, 0.4) is 0 Å². The van der Waals surface area contributed by atoms with Gasteiger partial charge in [0.25, 0.3) is 0 Å². The Kier molecular flexibility index (Phi) is 4.37. The molecule has 1 unspecified atom stereocenters. The highest BCUT2D eigenvalue weighted by atomic mass is 79.9. The summed E-state index contributed by atoms with van der Waals surface area (Å²) in [6, 6.07) is 5.55. The van der Waals surface area contributed by atoms with Gasteiger partial charge in [-0.1, -0.05) is 6.92 Å². The van der Waals surface area contributed by atoms with E-state index in [2.05, 4.69) is 15.9 Å². The predicted octanol–water partition coefficient (Wildman–Crippen LogP) is 4.13. The number of furan rings is 1. The Bertz CT molecular complexity index is 583. The third-order valence-electron chi connectivity index (χ3n) is 2.96. The number of benzene rings is 1. The summed E-state index contributed by atoms with van der Waals surface area (Å²) in [6.07, 6.45) is 0.806. The molecule has 0 aliphatic carbocycles. The van der Waals surface area contributed by atoms with Crippen molar-refractivity contribution < 1.29 is 13.2 Å². The van der Waals surface area contributed by atoms with Gasteiger partial charge < -0.3 is 10.2 Å². The van der Waals surface area contributed by atoms with Gasteiger partial charge in [-0.15, -0.1) is 0 Å². The number of halogens is 3. The number of hydrogen-bond donors (Lipinski definition) is 1. The van der Waals surface area contributed by atoms with E-state index in [9.17, 15) is 8.78 Å². The molecule has 0 saturated carbocycles. The zero-order valence-corrected chi connectivity index (χ0v) is 12.0. The Morgan fingerprint density at radius 3 is 2.63 bits per heavy atom. The third-order valence-corrected chi connectivity index (χ3v) is 3.57. The standard InChI is InChI=1S/C14H14BrF2NO/c1-2-8-3-6-13(19-8)12(18)7-9-11(16)5-4-10(15)14(9)17/h3-6,12H,2,7,18H2,1H3. The summed E-state index contributed by atoms with van der Waals surface area (Å²) in [6.45, 7) is 1.96. The second kappa shape index (κ2) is 5.84. The highest BCUT2D eigenvalue weighted by molar-refractivity contribution is 9.10. The largest absolute Gasteiger partial charge is 0.464 e. The van der Waals surface area contributed by atoms with Crippen molar-refractivity contribution in [3.63, 3.8) is 0 Å². The Balaban J connectivity index is 2.23. The fourth-order valence-corrected chi connectivity index (χ4v) is 2.23. The Morgan fingerprint density at radius 1 is 1.26 bits per heavy atom. The second-order valence-electron chi connectivity index (χ2n) is 4.29. The Hall–Kier alpha value is -1.20. The monoisotopic (exact) mass is 329 g/mol. The fourth-order valence-electron chi connectivity index (χ4n) is 1.86. The topological polar surface area (TPSA) is 39.2 Å². The van der Waals surface area contributed by atoms with Gasteiger partial charge in [0, 0.05) is 18.4 Å². The normalized spacial score (nSPS) is 12.7. The molecule has 2 aromatic rings. The van der Waals surface area contributed by atoms with Gasteiger partial charge in [-0.25, -0.2) is 8.78 Å². The molecule has 102 valence electrons. The molecule has 0 bridgehead atoms. The molecule has 0 radical (unpaired) electrons. The molecule has 5 heteroatoms. The van der Waals surface area contributed by atoms with Crippen molar-refractivity contribution in [3.8, 4) is 0 Å². The first-order valence-corrected chi connectivity index (χ1v) is 6.78. The summed E-state index contributed by atoms with van der Waals surface area (Å²) in [4.78, 5) is 0.